The fraction of sp³-hybridized carbons (Fsp3) is 0.529. The lowest BCUT2D eigenvalue weighted by Crippen LogP contribution is -2.49. The number of anilines is 1. The standard InChI is InChI=1S/C17H21BrN4O3/c1-2-21(13-7-6-12(18)10-19-13)14(23)11-22-15(24)17(20-16(22)25)8-4-3-5-9-17/h6-7,10H,2-5,8-9,11H2,1H3,(H,20,25). The highest BCUT2D eigenvalue weighted by Crippen LogP contribution is 2.33. The summed E-state index contributed by atoms with van der Waals surface area (Å²) >= 11 is 3.31. The van der Waals surface area contributed by atoms with Gasteiger partial charge in [-0.05, 0) is 47.8 Å². The topological polar surface area (TPSA) is 82.6 Å². The van der Waals surface area contributed by atoms with Gasteiger partial charge in [0, 0.05) is 17.2 Å². The van der Waals surface area contributed by atoms with Gasteiger partial charge < -0.3 is 5.32 Å². The molecule has 1 saturated carbocycles. The number of nitrogens with zero attached hydrogens (tertiary/aromatic N) is 3. The van der Waals surface area contributed by atoms with Gasteiger partial charge in [0.05, 0.1) is 0 Å². The molecule has 1 aliphatic carbocycles. The van der Waals surface area contributed by atoms with Gasteiger partial charge in [-0.1, -0.05) is 19.3 Å². The highest BCUT2D eigenvalue weighted by Gasteiger charge is 2.51. The van der Waals surface area contributed by atoms with Gasteiger partial charge in [-0.2, -0.15) is 0 Å². The van der Waals surface area contributed by atoms with Crippen molar-refractivity contribution in [2.45, 2.75) is 44.6 Å². The summed E-state index contributed by atoms with van der Waals surface area (Å²) in [6.07, 6.45) is 5.80. The smallest absolute Gasteiger partial charge is 0.323 e. The van der Waals surface area contributed by atoms with Gasteiger partial charge in [0.1, 0.15) is 17.9 Å². The van der Waals surface area contributed by atoms with Crippen LogP contribution < -0.4 is 10.2 Å². The van der Waals surface area contributed by atoms with E-state index in [0.717, 1.165) is 28.6 Å². The number of nitrogens with one attached hydrogen (secondary N) is 1. The Bertz CT molecular complexity index is 686. The number of aromatic nitrogens is 1. The second kappa shape index (κ2) is 7.11. The fourth-order valence-electron chi connectivity index (χ4n) is 3.53. The van der Waals surface area contributed by atoms with Crippen LogP contribution in [0.3, 0.4) is 0 Å². The van der Waals surface area contributed by atoms with Gasteiger partial charge in [-0.25, -0.2) is 9.78 Å². The molecule has 0 aromatic carbocycles. The zero-order valence-corrected chi connectivity index (χ0v) is 15.7. The summed E-state index contributed by atoms with van der Waals surface area (Å²) in [6.45, 7) is 1.97. The van der Waals surface area contributed by atoms with Gasteiger partial charge >= 0.3 is 6.03 Å². The van der Waals surface area contributed by atoms with E-state index in [4.69, 9.17) is 0 Å². The molecule has 25 heavy (non-hydrogen) atoms. The Labute approximate surface area is 154 Å². The Morgan fingerprint density at radius 3 is 2.64 bits per heavy atom. The van der Waals surface area contributed by atoms with E-state index in [0.29, 0.717) is 25.2 Å². The number of halogens is 1. The van der Waals surface area contributed by atoms with Crippen molar-refractivity contribution < 1.29 is 14.4 Å². The van der Waals surface area contributed by atoms with E-state index in [9.17, 15) is 14.4 Å². The quantitative estimate of drug-likeness (QED) is 0.775. The van der Waals surface area contributed by atoms with E-state index in [-0.39, 0.29) is 18.4 Å². The minimum absolute atomic E-state index is 0.266. The lowest BCUT2D eigenvalue weighted by Gasteiger charge is -2.30. The van der Waals surface area contributed by atoms with Crippen molar-refractivity contribution in [1.29, 1.82) is 0 Å². The molecular weight excluding hydrogens is 388 g/mol. The maximum absolute atomic E-state index is 12.8. The Morgan fingerprint density at radius 1 is 1.32 bits per heavy atom. The maximum Gasteiger partial charge on any atom is 0.325 e. The highest BCUT2D eigenvalue weighted by molar-refractivity contribution is 9.10. The number of urea groups is 1. The normalized spacial score (nSPS) is 19.2. The Kier molecular flexibility index (Phi) is 5.08. The van der Waals surface area contributed by atoms with Crippen molar-refractivity contribution >= 4 is 39.6 Å². The first-order chi connectivity index (χ1) is 12.0. The zero-order valence-electron chi connectivity index (χ0n) is 14.1. The van der Waals surface area contributed by atoms with Gasteiger partial charge in [-0.15, -0.1) is 0 Å². The number of imide groups is 1. The van der Waals surface area contributed by atoms with E-state index in [1.54, 1.807) is 18.3 Å². The van der Waals surface area contributed by atoms with Crippen LogP contribution in [0.1, 0.15) is 39.0 Å². The third kappa shape index (κ3) is 3.40. The van der Waals surface area contributed by atoms with Crippen molar-refractivity contribution in [3.63, 3.8) is 0 Å². The molecule has 0 atom stereocenters. The molecule has 0 bridgehead atoms. The van der Waals surface area contributed by atoms with E-state index >= 15 is 0 Å². The van der Waals surface area contributed by atoms with E-state index < -0.39 is 11.6 Å². The summed E-state index contributed by atoms with van der Waals surface area (Å²) < 4.78 is 0.813. The van der Waals surface area contributed by atoms with E-state index in [1.165, 1.54) is 4.90 Å². The van der Waals surface area contributed by atoms with Gasteiger partial charge in [-0.3, -0.25) is 19.4 Å². The largest absolute Gasteiger partial charge is 0.325 e. The summed E-state index contributed by atoms with van der Waals surface area (Å²) in [5.74, 6) is -0.103. The van der Waals surface area contributed by atoms with Crippen LogP contribution in [0.15, 0.2) is 22.8 Å². The lowest BCUT2D eigenvalue weighted by atomic mass is 9.82. The predicted octanol–water partition coefficient (Wildman–Crippen LogP) is 2.45. The van der Waals surface area contributed by atoms with Crippen LogP contribution >= 0.6 is 15.9 Å². The molecule has 1 aromatic rings. The molecule has 1 spiro atoms. The third-order valence-corrected chi connectivity index (χ3v) is 5.32. The molecule has 7 nitrogen and oxygen atoms in total. The first kappa shape index (κ1) is 17.8. The SMILES string of the molecule is CCN(C(=O)CN1C(=O)NC2(CCCCC2)C1=O)c1ccc(Br)cn1. The van der Waals surface area contributed by atoms with Crippen LogP contribution in [0, 0.1) is 0 Å². The number of hydrogen-bond acceptors (Lipinski definition) is 4. The van der Waals surface area contributed by atoms with Crippen molar-refractivity contribution in [2.75, 3.05) is 18.0 Å². The summed E-state index contributed by atoms with van der Waals surface area (Å²) in [4.78, 5) is 44.5. The molecule has 1 N–H and O–H groups in total. The van der Waals surface area contributed by atoms with Gasteiger partial charge in [0.15, 0.2) is 0 Å². The molecule has 4 amide bonds. The third-order valence-electron chi connectivity index (χ3n) is 4.85. The van der Waals surface area contributed by atoms with Crippen molar-refractivity contribution in [3.05, 3.63) is 22.8 Å². The predicted molar refractivity (Wildman–Crippen MR) is 96.0 cm³/mol. The average molecular weight is 409 g/mol. The molecule has 134 valence electrons. The molecule has 1 aromatic heterocycles. The number of amides is 4. The monoisotopic (exact) mass is 408 g/mol. The number of likely N-dealkylation sites (N-methyl/N-ethyl adjacent to an activating group) is 1. The summed E-state index contributed by atoms with van der Waals surface area (Å²) in [5, 5.41) is 2.82. The highest BCUT2D eigenvalue weighted by atomic mass is 79.9. The lowest BCUT2D eigenvalue weighted by molar-refractivity contribution is -0.135. The minimum atomic E-state index is -0.803. The van der Waals surface area contributed by atoms with Crippen LogP contribution in [0.4, 0.5) is 10.6 Å². The fourth-order valence-corrected chi connectivity index (χ4v) is 3.76. The molecule has 2 aliphatic rings. The van der Waals surface area contributed by atoms with Crippen LogP contribution in [-0.4, -0.2) is 46.4 Å². The Morgan fingerprint density at radius 2 is 2.04 bits per heavy atom. The van der Waals surface area contributed by atoms with E-state index in [2.05, 4.69) is 26.2 Å². The first-order valence-corrected chi connectivity index (χ1v) is 9.32. The number of carbonyl (C=O) groups is 3. The molecule has 8 heteroatoms. The Hall–Kier alpha value is -1.96. The molecule has 2 fully saturated rings. The van der Waals surface area contributed by atoms with Crippen LogP contribution in [0.25, 0.3) is 0 Å². The van der Waals surface area contributed by atoms with Crippen molar-refractivity contribution in [2.24, 2.45) is 0 Å². The van der Waals surface area contributed by atoms with E-state index in [1.807, 2.05) is 6.92 Å². The molecule has 0 radical (unpaired) electrons. The number of rotatable bonds is 4. The van der Waals surface area contributed by atoms with Gasteiger partial charge in [0.25, 0.3) is 5.91 Å². The van der Waals surface area contributed by atoms with Gasteiger partial charge in [0.2, 0.25) is 5.91 Å². The van der Waals surface area contributed by atoms with Crippen LogP contribution in [-0.2, 0) is 9.59 Å². The number of carbonyl (C=O) groups excluding carboxylic acids is 3. The first-order valence-electron chi connectivity index (χ1n) is 8.53. The van der Waals surface area contributed by atoms with Crippen LogP contribution in [0.2, 0.25) is 0 Å². The molecule has 1 saturated heterocycles. The molecule has 2 heterocycles. The second-order valence-electron chi connectivity index (χ2n) is 6.44. The number of hydrogen-bond donors (Lipinski definition) is 1. The molecular formula is C17H21BrN4O3. The maximum atomic E-state index is 12.8. The summed E-state index contributed by atoms with van der Waals surface area (Å²) in [6, 6.07) is 3.04. The second-order valence-corrected chi connectivity index (χ2v) is 7.35. The summed E-state index contributed by atoms with van der Waals surface area (Å²) in [7, 11) is 0. The Balaban J connectivity index is 1.74. The number of pyridine rings is 1. The minimum Gasteiger partial charge on any atom is -0.323 e. The van der Waals surface area contributed by atoms with Crippen LogP contribution in [0.5, 0.6) is 0 Å². The van der Waals surface area contributed by atoms with Crippen molar-refractivity contribution in [3.8, 4) is 0 Å². The van der Waals surface area contributed by atoms with Crippen molar-refractivity contribution in [1.82, 2.24) is 15.2 Å². The summed E-state index contributed by atoms with van der Waals surface area (Å²) in [5.41, 5.74) is -0.803. The molecule has 1 aliphatic heterocycles. The average Bonchev–Trinajstić information content (AvgIpc) is 2.82. The zero-order chi connectivity index (χ0) is 18.0. The molecule has 0 unspecified atom stereocenters. The molecule has 3 rings (SSSR count).